The second kappa shape index (κ2) is 6.48. The standard InChI is InChI=1S/C16H18N6OS/c1-16(5-6-24-15(18)22-16)10-3-2-4-11(7-10)21-14(23)12-8-20-13(17)9-19-12/h2-4,7-9H,5-6H2,1H3,(H2,17,20)(H2,18,22)(H,21,23). The van der Waals surface area contributed by atoms with Crippen LogP contribution in [0.15, 0.2) is 41.7 Å². The molecule has 0 spiro atoms. The monoisotopic (exact) mass is 342 g/mol. The Balaban J connectivity index is 1.82. The Hall–Kier alpha value is -2.61. The van der Waals surface area contributed by atoms with E-state index in [0.717, 1.165) is 17.7 Å². The molecule has 1 amide bonds. The van der Waals surface area contributed by atoms with Gasteiger partial charge in [0.1, 0.15) is 11.5 Å². The van der Waals surface area contributed by atoms with E-state index in [4.69, 9.17) is 11.5 Å². The highest BCUT2D eigenvalue weighted by atomic mass is 32.2. The largest absolute Gasteiger partial charge is 0.382 e. The van der Waals surface area contributed by atoms with Crippen molar-refractivity contribution < 1.29 is 4.79 Å². The van der Waals surface area contributed by atoms with E-state index in [1.54, 1.807) is 11.8 Å². The molecule has 0 bridgehead atoms. The van der Waals surface area contributed by atoms with E-state index in [9.17, 15) is 4.79 Å². The average Bonchev–Trinajstić information content (AvgIpc) is 2.55. The molecule has 24 heavy (non-hydrogen) atoms. The van der Waals surface area contributed by atoms with Gasteiger partial charge in [-0.1, -0.05) is 23.9 Å². The quantitative estimate of drug-likeness (QED) is 0.784. The highest BCUT2D eigenvalue weighted by Crippen LogP contribution is 2.35. The van der Waals surface area contributed by atoms with Crippen LogP contribution in [-0.4, -0.2) is 26.8 Å². The van der Waals surface area contributed by atoms with Gasteiger partial charge < -0.3 is 16.8 Å². The van der Waals surface area contributed by atoms with Gasteiger partial charge >= 0.3 is 0 Å². The minimum Gasteiger partial charge on any atom is -0.382 e. The summed E-state index contributed by atoms with van der Waals surface area (Å²) in [5, 5.41) is 3.41. The molecule has 2 heterocycles. The molecule has 0 saturated carbocycles. The number of nitrogens with two attached hydrogens (primary N) is 2. The van der Waals surface area contributed by atoms with Crippen LogP contribution in [0.2, 0.25) is 0 Å². The van der Waals surface area contributed by atoms with Gasteiger partial charge in [0, 0.05) is 11.4 Å². The van der Waals surface area contributed by atoms with Gasteiger partial charge in [-0.15, -0.1) is 0 Å². The minimum atomic E-state index is -0.378. The fourth-order valence-corrected chi connectivity index (χ4v) is 3.45. The number of nitrogen functional groups attached to an aromatic ring is 1. The van der Waals surface area contributed by atoms with E-state index >= 15 is 0 Å². The molecule has 1 aliphatic heterocycles. The summed E-state index contributed by atoms with van der Waals surface area (Å²) in [7, 11) is 0. The molecule has 0 radical (unpaired) electrons. The Morgan fingerprint density at radius 3 is 2.83 bits per heavy atom. The van der Waals surface area contributed by atoms with Gasteiger partial charge in [0.25, 0.3) is 5.91 Å². The smallest absolute Gasteiger partial charge is 0.275 e. The van der Waals surface area contributed by atoms with Crippen molar-refractivity contribution >= 4 is 34.3 Å². The number of amidine groups is 1. The van der Waals surface area contributed by atoms with E-state index in [1.165, 1.54) is 12.4 Å². The number of hydrogen-bond donors (Lipinski definition) is 3. The maximum atomic E-state index is 12.2. The predicted molar refractivity (Wildman–Crippen MR) is 96.9 cm³/mol. The third kappa shape index (κ3) is 3.48. The summed E-state index contributed by atoms with van der Waals surface area (Å²) in [6.45, 7) is 2.05. The molecule has 1 atom stereocenters. The van der Waals surface area contributed by atoms with Gasteiger partial charge in [0.2, 0.25) is 0 Å². The minimum absolute atomic E-state index is 0.206. The first-order chi connectivity index (χ1) is 11.5. The van der Waals surface area contributed by atoms with Crippen molar-refractivity contribution in [3.05, 3.63) is 47.9 Å². The lowest BCUT2D eigenvalue weighted by atomic mass is 9.89. The van der Waals surface area contributed by atoms with Crippen LogP contribution in [0.3, 0.4) is 0 Å². The lowest BCUT2D eigenvalue weighted by molar-refractivity contribution is 0.102. The zero-order chi connectivity index (χ0) is 17.2. The Kier molecular flexibility index (Phi) is 4.39. The number of amides is 1. The van der Waals surface area contributed by atoms with Crippen LogP contribution in [0, 0.1) is 0 Å². The SMILES string of the molecule is CC1(c2cccc(NC(=O)c3cnc(N)cn3)c2)CCSC(N)=N1. The van der Waals surface area contributed by atoms with Crippen molar-refractivity contribution in [2.24, 2.45) is 10.7 Å². The van der Waals surface area contributed by atoms with Crippen LogP contribution >= 0.6 is 11.8 Å². The Bertz CT molecular complexity index is 791. The first kappa shape index (κ1) is 16.3. The van der Waals surface area contributed by atoms with Gasteiger partial charge in [-0.3, -0.25) is 9.79 Å². The number of rotatable bonds is 3. The van der Waals surface area contributed by atoms with E-state index in [2.05, 4.69) is 20.3 Å². The Labute approximate surface area is 144 Å². The van der Waals surface area contributed by atoms with Crippen molar-refractivity contribution in [3.63, 3.8) is 0 Å². The number of thioether (sulfide) groups is 1. The molecule has 0 saturated heterocycles. The molecule has 3 rings (SSSR count). The third-order valence-electron chi connectivity index (χ3n) is 3.84. The zero-order valence-corrected chi connectivity index (χ0v) is 14.0. The molecule has 124 valence electrons. The average molecular weight is 342 g/mol. The summed E-state index contributed by atoms with van der Waals surface area (Å²) >= 11 is 1.56. The van der Waals surface area contributed by atoms with Crippen LogP contribution in [-0.2, 0) is 5.54 Å². The van der Waals surface area contributed by atoms with Crippen molar-refractivity contribution in [1.29, 1.82) is 0 Å². The molecule has 1 aromatic carbocycles. The van der Waals surface area contributed by atoms with Crippen LogP contribution in [0.4, 0.5) is 11.5 Å². The van der Waals surface area contributed by atoms with Crippen LogP contribution in [0.25, 0.3) is 0 Å². The molecule has 1 unspecified atom stereocenters. The summed E-state index contributed by atoms with van der Waals surface area (Å²) in [5.41, 5.74) is 12.9. The van der Waals surface area contributed by atoms with Crippen molar-refractivity contribution in [3.8, 4) is 0 Å². The highest BCUT2D eigenvalue weighted by Gasteiger charge is 2.29. The molecule has 8 heteroatoms. The molecular formula is C16H18N6OS. The second-order valence-electron chi connectivity index (χ2n) is 5.68. The van der Waals surface area contributed by atoms with E-state index in [1.807, 2.05) is 31.2 Å². The lowest BCUT2D eigenvalue weighted by Crippen LogP contribution is -2.28. The number of anilines is 2. The van der Waals surface area contributed by atoms with E-state index in [0.29, 0.717) is 10.9 Å². The molecule has 7 nitrogen and oxygen atoms in total. The molecule has 1 aliphatic rings. The number of aliphatic imine (C=N–C) groups is 1. The second-order valence-corrected chi connectivity index (χ2v) is 6.80. The molecule has 1 aromatic heterocycles. The van der Waals surface area contributed by atoms with Crippen LogP contribution in [0.5, 0.6) is 0 Å². The number of hydrogen-bond acceptors (Lipinski definition) is 7. The molecule has 0 aliphatic carbocycles. The highest BCUT2D eigenvalue weighted by molar-refractivity contribution is 8.13. The number of nitrogens with zero attached hydrogens (tertiary/aromatic N) is 3. The lowest BCUT2D eigenvalue weighted by Gasteiger charge is -2.30. The van der Waals surface area contributed by atoms with Crippen molar-refractivity contribution in [2.45, 2.75) is 18.9 Å². The summed E-state index contributed by atoms with van der Waals surface area (Å²) in [6.07, 6.45) is 3.59. The van der Waals surface area contributed by atoms with E-state index < -0.39 is 0 Å². The van der Waals surface area contributed by atoms with Crippen LogP contribution < -0.4 is 16.8 Å². The number of benzene rings is 1. The summed E-state index contributed by atoms with van der Waals surface area (Å²) in [4.78, 5) is 24.7. The maximum Gasteiger partial charge on any atom is 0.275 e. The van der Waals surface area contributed by atoms with Crippen molar-refractivity contribution in [1.82, 2.24) is 9.97 Å². The number of carbonyl (C=O) groups excluding carboxylic acids is 1. The Morgan fingerprint density at radius 2 is 2.12 bits per heavy atom. The first-order valence-corrected chi connectivity index (χ1v) is 8.42. The first-order valence-electron chi connectivity index (χ1n) is 7.44. The van der Waals surface area contributed by atoms with Gasteiger partial charge in [-0.2, -0.15) is 0 Å². The topological polar surface area (TPSA) is 119 Å². The number of carbonyl (C=O) groups is 1. The molecule has 2 aromatic rings. The maximum absolute atomic E-state index is 12.2. The Morgan fingerprint density at radius 1 is 1.29 bits per heavy atom. The van der Waals surface area contributed by atoms with Gasteiger partial charge in [-0.05, 0) is 31.0 Å². The summed E-state index contributed by atoms with van der Waals surface area (Å²) < 4.78 is 0. The third-order valence-corrected chi connectivity index (χ3v) is 4.64. The fourth-order valence-electron chi connectivity index (χ4n) is 2.48. The van der Waals surface area contributed by atoms with Gasteiger partial charge in [0.15, 0.2) is 5.17 Å². The molecule has 0 fully saturated rings. The van der Waals surface area contributed by atoms with E-state index in [-0.39, 0.29) is 23.0 Å². The van der Waals surface area contributed by atoms with Gasteiger partial charge in [-0.25, -0.2) is 9.97 Å². The molecule has 5 N–H and O–H groups in total. The normalized spacial score (nSPS) is 20.3. The van der Waals surface area contributed by atoms with Gasteiger partial charge in [0.05, 0.1) is 17.9 Å². The predicted octanol–water partition coefficient (Wildman–Crippen LogP) is 1.98. The zero-order valence-electron chi connectivity index (χ0n) is 13.2. The fraction of sp³-hybridized carbons (Fsp3) is 0.250. The molecular weight excluding hydrogens is 324 g/mol. The van der Waals surface area contributed by atoms with Crippen molar-refractivity contribution in [2.75, 3.05) is 16.8 Å². The summed E-state index contributed by atoms with van der Waals surface area (Å²) in [6, 6.07) is 7.61. The van der Waals surface area contributed by atoms with Crippen LogP contribution in [0.1, 0.15) is 29.4 Å². The number of nitrogens with one attached hydrogen (secondary N) is 1. The number of aromatic nitrogens is 2. The summed E-state index contributed by atoms with van der Waals surface area (Å²) in [5.74, 6) is 0.850.